The Morgan fingerprint density at radius 2 is 2.05 bits per heavy atom. The number of benzene rings is 1. The van der Waals surface area contributed by atoms with Gasteiger partial charge in [-0.15, -0.1) is 0 Å². The van der Waals surface area contributed by atoms with E-state index < -0.39 is 0 Å². The number of aryl methyl sites for hydroxylation is 2. The second-order valence-electron chi connectivity index (χ2n) is 5.09. The molecule has 0 fully saturated rings. The van der Waals surface area contributed by atoms with Crippen LogP contribution in [0.3, 0.4) is 0 Å². The molecule has 1 aliphatic heterocycles. The van der Waals surface area contributed by atoms with Gasteiger partial charge in [0.15, 0.2) is 11.5 Å². The molecule has 2 aromatic rings. The van der Waals surface area contributed by atoms with E-state index in [1.807, 2.05) is 6.92 Å². The number of amides is 1. The minimum absolute atomic E-state index is 0.231. The second kappa shape index (κ2) is 6.09. The van der Waals surface area contributed by atoms with Crippen LogP contribution < -0.4 is 14.8 Å². The SMILES string of the molecule is CCc1onc(C)c1C(=O)Nc1ccc2c(c1)OCCCO2. The highest BCUT2D eigenvalue weighted by Gasteiger charge is 2.20. The van der Waals surface area contributed by atoms with Crippen LogP contribution in [0, 0.1) is 6.92 Å². The number of carbonyl (C=O) groups excluding carboxylic acids is 1. The van der Waals surface area contributed by atoms with E-state index in [0.29, 0.717) is 53.8 Å². The smallest absolute Gasteiger partial charge is 0.261 e. The van der Waals surface area contributed by atoms with Crippen LogP contribution >= 0.6 is 0 Å². The normalized spacial score (nSPS) is 13.5. The zero-order chi connectivity index (χ0) is 15.5. The number of aromatic nitrogens is 1. The molecule has 0 spiro atoms. The first-order chi connectivity index (χ1) is 10.7. The Morgan fingerprint density at radius 1 is 1.27 bits per heavy atom. The van der Waals surface area contributed by atoms with Crippen LogP contribution in [-0.4, -0.2) is 24.3 Å². The summed E-state index contributed by atoms with van der Waals surface area (Å²) in [5, 5.41) is 6.71. The molecule has 116 valence electrons. The number of nitrogens with zero attached hydrogens (tertiary/aromatic N) is 1. The van der Waals surface area contributed by atoms with Crippen molar-refractivity contribution in [3.05, 3.63) is 35.2 Å². The van der Waals surface area contributed by atoms with E-state index in [4.69, 9.17) is 14.0 Å². The van der Waals surface area contributed by atoms with Gasteiger partial charge in [-0.3, -0.25) is 4.79 Å². The van der Waals surface area contributed by atoms with Gasteiger partial charge < -0.3 is 19.3 Å². The molecular weight excluding hydrogens is 284 g/mol. The number of hydrogen-bond acceptors (Lipinski definition) is 5. The predicted octanol–water partition coefficient (Wildman–Crippen LogP) is 2.96. The van der Waals surface area contributed by atoms with Crippen LogP contribution in [0.5, 0.6) is 11.5 Å². The van der Waals surface area contributed by atoms with Crippen molar-refractivity contribution < 1.29 is 18.8 Å². The third-order valence-electron chi connectivity index (χ3n) is 3.49. The fourth-order valence-corrected chi connectivity index (χ4v) is 2.38. The predicted molar refractivity (Wildman–Crippen MR) is 80.6 cm³/mol. The van der Waals surface area contributed by atoms with Gasteiger partial charge in [0.2, 0.25) is 0 Å². The zero-order valence-electron chi connectivity index (χ0n) is 12.6. The van der Waals surface area contributed by atoms with Gasteiger partial charge in [-0.1, -0.05) is 12.1 Å². The molecule has 6 heteroatoms. The minimum Gasteiger partial charge on any atom is -0.490 e. The lowest BCUT2D eigenvalue weighted by Crippen LogP contribution is -2.14. The highest BCUT2D eigenvalue weighted by atomic mass is 16.5. The monoisotopic (exact) mass is 302 g/mol. The quantitative estimate of drug-likeness (QED) is 0.943. The maximum absolute atomic E-state index is 12.4. The summed E-state index contributed by atoms with van der Waals surface area (Å²) in [5.41, 5.74) is 1.73. The highest BCUT2D eigenvalue weighted by molar-refractivity contribution is 6.05. The molecule has 1 aromatic carbocycles. The first kappa shape index (κ1) is 14.4. The molecule has 2 heterocycles. The summed E-state index contributed by atoms with van der Waals surface area (Å²) < 4.78 is 16.4. The number of ether oxygens (including phenoxy) is 2. The lowest BCUT2D eigenvalue weighted by Gasteiger charge is -2.10. The fraction of sp³-hybridized carbons (Fsp3) is 0.375. The molecule has 1 amide bonds. The van der Waals surface area contributed by atoms with E-state index in [2.05, 4.69) is 10.5 Å². The number of anilines is 1. The van der Waals surface area contributed by atoms with Gasteiger partial charge in [-0.25, -0.2) is 0 Å². The number of fused-ring (bicyclic) bond motifs is 1. The van der Waals surface area contributed by atoms with Gasteiger partial charge in [0.05, 0.1) is 18.9 Å². The van der Waals surface area contributed by atoms with Crippen molar-refractivity contribution in [3.8, 4) is 11.5 Å². The molecule has 0 saturated heterocycles. The summed E-state index contributed by atoms with van der Waals surface area (Å²) in [6, 6.07) is 5.37. The molecule has 0 atom stereocenters. The second-order valence-corrected chi connectivity index (χ2v) is 5.09. The first-order valence-electron chi connectivity index (χ1n) is 7.35. The van der Waals surface area contributed by atoms with Gasteiger partial charge in [-0.05, 0) is 19.1 Å². The van der Waals surface area contributed by atoms with E-state index in [9.17, 15) is 4.79 Å². The van der Waals surface area contributed by atoms with Gasteiger partial charge in [-0.2, -0.15) is 0 Å². The van der Waals surface area contributed by atoms with Crippen LogP contribution in [-0.2, 0) is 6.42 Å². The van der Waals surface area contributed by atoms with E-state index in [1.54, 1.807) is 25.1 Å². The summed E-state index contributed by atoms with van der Waals surface area (Å²) in [6.07, 6.45) is 1.46. The van der Waals surface area contributed by atoms with E-state index >= 15 is 0 Å². The van der Waals surface area contributed by atoms with Crippen molar-refractivity contribution in [3.63, 3.8) is 0 Å². The van der Waals surface area contributed by atoms with Crippen molar-refractivity contribution >= 4 is 11.6 Å². The summed E-state index contributed by atoms with van der Waals surface area (Å²) >= 11 is 0. The van der Waals surface area contributed by atoms with Crippen LogP contribution in [0.15, 0.2) is 22.7 Å². The van der Waals surface area contributed by atoms with E-state index in [1.165, 1.54) is 0 Å². The molecule has 1 N–H and O–H groups in total. The van der Waals surface area contributed by atoms with Crippen molar-refractivity contribution in [1.29, 1.82) is 0 Å². The standard InChI is InChI=1S/C16H18N2O4/c1-3-12-15(10(2)18-22-12)16(19)17-11-5-6-13-14(9-11)21-8-4-7-20-13/h5-6,9H,3-4,7-8H2,1-2H3,(H,17,19). The maximum atomic E-state index is 12.4. The molecule has 0 unspecified atom stereocenters. The van der Waals surface area contributed by atoms with Crippen molar-refractivity contribution in [2.45, 2.75) is 26.7 Å². The molecule has 0 saturated carbocycles. The molecule has 1 aliphatic rings. The van der Waals surface area contributed by atoms with E-state index in [0.717, 1.165) is 6.42 Å². The van der Waals surface area contributed by atoms with Crippen LogP contribution in [0.4, 0.5) is 5.69 Å². The van der Waals surface area contributed by atoms with Crippen LogP contribution in [0.2, 0.25) is 0 Å². The Bertz CT molecular complexity index is 693. The number of rotatable bonds is 3. The maximum Gasteiger partial charge on any atom is 0.261 e. The fourth-order valence-electron chi connectivity index (χ4n) is 2.38. The average Bonchev–Trinajstić information content (AvgIpc) is 2.74. The average molecular weight is 302 g/mol. The lowest BCUT2D eigenvalue weighted by molar-refractivity contribution is 0.102. The lowest BCUT2D eigenvalue weighted by atomic mass is 10.1. The van der Waals surface area contributed by atoms with E-state index in [-0.39, 0.29) is 5.91 Å². The van der Waals surface area contributed by atoms with Crippen LogP contribution in [0.1, 0.15) is 35.2 Å². The molecule has 3 rings (SSSR count). The van der Waals surface area contributed by atoms with Crippen molar-refractivity contribution in [2.24, 2.45) is 0 Å². The Morgan fingerprint density at radius 3 is 2.82 bits per heavy atom. The molecular formula is C16H18N2O4. The van der Waals surface area contributed by atoms with Crippen molar-refractivity contribution in [1.82, 2.24) is 5.16 Å². The van der Waals surface area contributed by atoms with Gasteiger partial charge in [0, 0.05) is 24.6 Å². The highest BCUT2D eigenvalue weighted by Crippen LogP contribution is 2.32. The molecule has 0 bridgehead atoms. The summed E-state index contributed by atoms with van der Waals surface area (Å²) in [4.78, 5) is 12.4. The molecule has 22 heavy (non-hydrogen) atoms. The number of carbonyl (C=O) groups is 1. The Kier molecular flexibility index (Phi) is 4.00. The largest absolute Gasteiger partial charge is 0.490 e. The van der Waals surface area contributed by atoms with Gasteiger partial charge in [0.25, 0.3) is 5.91 Å². The number of nitrogens with one attached hydrogen (secondary N) is 1. The first-order valence-corrected chi connectivity index (χ1v) is 7.35. The Balaban J connectivity index is 1.82. The molecule has 1 aromatic heterocycles. The zero-order valence-corrected chi connectivity index (χ0v) is 12.6. The van der Waals surface area contributed by atoms with Gasteiger partial charge >= 0.3 is 0 Å². The Hall–Kier alpha value is -2.50. The third kappa shape index (κ3) is 2.77. The van der Waals surface area contributed by atoms with Crippen molar-refractivity contribution in [2.75, 3.05) is 18.5 Å². The summed E-state index contributed by atoms with van der Waals surface area (Å²) in [7, 11) is 0. The van der Waals surface area contributed by atoms with Gasteiger partial charge in [0.1, 0.15) is 11.3 Å². The summed E-state index contributed by atoms with van der Waals surface area (Å²) in [6.45, 7) is 4.92. The molecule has 6 nitrogen and oxygen atoms in total. The Labute approximate surface area is 128 Å². The number of hydrogen-bond donors (Lipinski definition) is 1. The molecule has 0 aliphatic carbocycles. The third-order valence-corrected chi connectivity index (χ3v) is 3.49. The topological polar surface area (TPSA) is 73.6 Å². The van der Waals surface area contributed by atoms with Crippen LogP contribution in [0.25, 0.3) is 0 Å². The molecule has 0 radical (unpaired) electrons. The minimum atomic E-state index is -0.231. The summed E-state index contributed by atoms with van der Waals surface area (Å²) in [5.74, 6) is 1.70.